The van der Waals surface area contributed by atoms with Crippen molar-refractivity contribution in [1.29, 1.82) is 0 Å². The maximum absolute atomic E-state index is 12.7. The van der Waals surface area contributed by atoms with Crippen molar-refractivity contribution in [3.63, 3.8) is 0 Å². The molecule has 0 bridgehead atoms. The summed E-state index contributed by atoms with van der Waals surface area (Å²) in [6, 6.07) is 5.15. The Morgan fingerprint density at radius 3 is 2.75 bits per heavy atom. The van der Waals surface area contributed by atoms with Crippen molar-refractivity contribution in [1.82, 2.24) is 5.32 Å². The number of benzene rings is 1. The van der Waals surface area contributed by atoms with Crippen molar-refractivity contribution in [2.75, 3.05) is 13.2 Å². The van der Waals surface area contributed by atoms with Crippen LogP contribution in [0.15, 0.2) is 22.7 Å². The van der Waals surface area contributed by atoms with E-state index in [2.05, 4.69) is 21.2 Å². The van der Waals surface area contributed by atoms with Gasteiger partial charge >= 0.3 is 0 Å². The minimum atomic E-state index is -3.09. The molecule has 0 unspecified atom stereocenters. The number of aliphatic hydroxyl groups is 1. The Morgan fingerprint density at radius 2 is 2.12 bits per heavy atom. The minimum absolute atomic E-state index is 0.261. The van der Waals surface area contributed by atoms with Crippen molar-refractivity contribution in [3.8, 4) is 0 Å². The van der Waals surface area contributed by atoms with Crippen molar-refractivity contribution in [2.24, 2.45) is 0 Å². The molecule has 16 heavy (non-hydrogen) atoms. The average Bonchev–Trinajstić information content (AvgIpc) is 2.23. The topological polar surface area (TPSA) is 32.3 Å². The number of nitrogens with one attached hydrogen (secondary N) is 1. The maximum atomic E-state index is 12.7. The van der Waals surface area contributed by atoms with Crippen LogP contribution in [0.5, 0.6) is 0 Å². The van der Waals surface area contributed by atoms with E-state index in [1.807, 2.05) is 0 Å². The lowest BCUT2D eigenvalue weighted by Gasteiger charge is -2.14. The van der Waals surface area contributed by atoms with Gasteiger partial charge in [-0.15, -0.1) is 0 Å². The number of hydrogen-bond donors (Lipinski definition) is 2. The molecule has 0 atom stereocenters. The Hall–Kier alpha value is -0.230. The van der Waals surface area contributed by atoms with E-state index in [4.69, 9.17) is 16.7 Å². The fraction of sp³-hybridized carbons (Fsp3) is 0.400. The van der Waals surface area contributed by atoms with Gasteiger partial charge in [0.2, 0.25) is 0 Å². The van der Waals surface area contributed by atoms with Gasteiger partial charge in [-0.05, 0) is 23.8 Å². The van der Waals surface area contributed by atoms with E-state index in [1.54, 1.807) is 18.2 Å². The average molecular weight is 315 g/mol. The van der Waals surface area contributed by atoms with Gasteiger partial charge in [-0.1, -0.05) is 27.5 Å². The largest absolute Gasteiger partial charge is 0.390 e. The molecule has 0 fully saturated rings. The van der Waals surface area contributed by atoms with E-state index >= 15 is 0 Å². The lowest BCUT2D eigenvalue weighted by atomic mass is 10.2. The highest BCUT2D eigenvalue weighted by Gasteiger charge is 2.26. The number of aliphatic hydroxyl groups excluding tert-OH is 1. The number of alkyl halides is 2. The molecule has 1 rings (SSSR count). The van der Waals surface area contributed by atoms with Crippen molar-refractivity contribution < 1.29 is 13.9 Å². The van der Waals surface area contributed by atoms with Crippen LogP contribution in [-0.2, 0) is 6.54 Å². The molecular weight excluding hydrogens is 303 g/mol. The third kappa shape index (κ3) is 4.33. The molecule has 0 aliphatic rings. The molecule has 0 radical (unpaired) electrons. The molecule has 2 nitrogen and oxygen atoms in total. The summed E-state index contributed by atoms with van der Waals surface area (Å²) in [6.45, 7) is -1.46. The molecule has 2 N–H and O–H groups in total. The lowest BCUT2D eigenvalue weighted by Crippen LogP contribution is -2.35. The minimum Gasteiger partial charge on any atom is -0.390 e. The van der Waals surface area contributed by atoms with Crippen LogP contribution < -0.4 is 5.32 Å². The van der Waals surface area contributed by atoms with Crippen LogP contribution in [0.2, 0.25) is 5.02 Å². The predicted octanol–water partition coefficient (Wildman–Crippen LogP) is 2.82. The second-order valence-corrected chi connectivity index (χ2v) is 4.64. The molecule has 90 valence electrons. The second-order valence-electron chi connectivity index (χ2n) is 3.35. The van der Waals surface area contributed by atoms with Crippen LogP contribution in [0.1, 0.15) is 5.56 Å². The molecule has 0 heterocycles. The van der Waals surface area contributed by atoms with E-state index < -0.39 is 19.1 Å². The first-order valence-electron chi connectivity index (χ1n) is 4.58. The van der Waals surface area contributed by atoms with Crippen molar-refractivity contribution in [3.05, 3.63) is 33.3 Å². The first kappa shape index (κ1) is 13.8. The molecule has 0 spiro atoms. The fourth-order valence-electron chi connectivity index (χ4n) is 1.11. The SMILES string of the molecule is OCC(F)(F)CNCc1cc(Cl)ccc1Br. The molecule has 0 saturated carbocycles. The van der Waals surface area contributed by atoms with Gasteiger partial charge in [0.15, 0.2) is 0 Å². The van der Waals surface area contributed by atoms with Crippen LogP contribution in [0, 0.1) is 0 Å². The Bertz CT molecular complexity index is 363. The Labute approximate surface area is 106 Å². The third-order valence-corrected chi connectivity index (χ3v) is 2.95. The summed E-state index contributed by atoms with van der Waals surface area (Å²) in [6.07, 6.45) is 0. The standard InChI is InChI=1S/C10H11BrClF2NO/c11-9-2-1-8(12)3-7(9)4-15-5-10(13,14)6-16/h1-3,15-16H,4-6H2. The van der Waals surface area contributed by atoms with Gasteiger partial charge in [-0.25, -0.2) is 8.78 Å². The van der Waals surface area contributed by atoms with E-state index in [-0.39, 0.29) is 6.54 Å². The van der Waals surface area contributed by atoms with Gasteiger partial charge in [0, 0.05) is 16.0 Å². The first-order valence-corrected chi connectivity index (χ1v) is 5.75. The van der Waals surface area contributed by atoms with Gasteiger partial charge in [0.1, 0.15) is 6.61 Å². The molecule has 0 aliphatic carbocycles. The molecule has 0 saturated heterocycles. The van der Waals surface area contributed by atoms with Gasteiger partial charge in [-0.3, -0.25) is 0 Å². The predicted molar refractivity (Wildman–Crippen MR) is 62.9 cm³/mol. The fourth-order valence-corrected chi connectivity index (χ4v) is 1.70. The summed E-state index contributed by atoms with van der Waals surface area (Å²) in [7, 11) is 0. The quantitative estimate of drug-likeness (QED) is 0.876. The van der Waals surface area contributed by atoms with Gasteiger partial charge < -0.3 is 10.4 Å². The highest BCUT2D eigenvalue weighted by molar-refractivity contribution is 9.10. The normalized spacial score (nSPS) is 11.8. The van der Waals surface area contributed by atoms with Gasteiger partial charge in [0.05, 0.1) is 6.54 Å². The summed E-state index contributed by atoms with van der Waals surface area (Å²) < 4.78 is 26.2. The van der Waals surface area contributed by atoms with Crippen molar-refractivity contribution >= 4 is 27.5 Å². The zero-order valence-corrected chi connectivity index (χ0v) is 10.7. The summed E-state index contributed by atoms with van der Waals surface area (Å²) >= 11 is 9.07. The monoisotopic (exact) mass is 313 g/mol. The van der Waals surface area contributed by atoms with E-state index in [0.29, 0.717) is 5.02 Å². The molecule has 0 aliphatic heterocycles. The molecule has 1 aromatic rings. The Balaban J connectivity index is 2.52. The summed E-state index contributed by atoms with van der Waals surface area (Å²) in [5, 5.41) is 11.5. The number of rotatable bonds is 5. The number of halogens is 4. The van der Waals surface area contributed by atoms with Crippen LogP contribution in [0.4, 0.5) is 8.78 Å². The summed E-state index contributed by atoms with van der Waals surface area (Å²) in [5.41, 5.74) is 0.793. The van der Waals surface area contributed by atoms with Crippen LogP contribution >= 0.6 is 27.5 Å². The second kappa shape index (κ2) is 5.91. The van der Waals surface area contributed by atoms with E-state index in [1.165, 1.54) is 0 Å². The lowest BCUT2D eigenvalue weighted by molar-refractivity contribution is -0.0477. The zero-order chi connectivity index (χ0) is 12.2. The third-order valence-electron chi connectivity index (χ3n) is 1.94. The van der Waals surface area contributed by atoms with Crippen LogP contribution in [-0.4, -0.2) is 24.2 Å². The molecular formula is C10H11BrClF2NO. The Kier molecular flexibility index (Phi) is 5.11. The van der Waals surface area contributed by atoms with Gasteiger partial charge in [0.25, 0.3) is 5.92 Å². The van der Waals surface area contributed by atoms with Crippen LogP contribution in [0.3, 0.4) is 0 Å². The van der Waals surface area contributed by atoms with Crippen LogP contribution in [0.25, 0.3) is 0 Å². The van der Waals surface area contributed by atoms with Crippen molar-refractivity contribution in [2.45, 2.75) is 12.5 Å². The highest BCUT2D eigenvalue weighted by Crippen LogP contribution is 2.21. The zero-order valence-electron chi connectivity index (χ0n) is 8.31. The summed E-state index contributed by atoms with van der Waals surface area (Å²) in [4.78, 5) is 0. The summed E-state index contributed by atoms with van der Waals surface area (Å²) in [5.74, 6) is -3.09. The van der Waals surface area contributed by atoms with E-state index in [9.17, 15) is 8.78 Å². The highest BCUT2D eigenvalue weighted by atomic mass is 79.9. The van der Waals surface area contributed by atoms with Gasteiger partial charge in [-0.2, -0.15) is 0 Å². The molecule has 0 aromatic heterocycles. The number of hydrogen-bond acceptors (Lipinski definition) is 2. The van der Waals surface area contributed by atoms with E-state index in [0.717, 1.165) is 10.0 Å². The smallest absolute Gasteiger partial charge is 0.282 e. The molecule has 1 aromatic carbocycles. The maximum Gasteiger partial charge on any atom is 0.282 e. The molecule has 0 amide bonds. The molecule has 6 heteroatoms. The first-order chi connectivity index (χ1) is 7.44. The Morgan fingerprint density at radius 1 is 1.44 bits per heavy atom.